The maximum absolute atomic E-state index is 11.9. The van der Waals surface area contributed by atoms with Crippen LogP contribution in [0.2, 0.25) is 0 Å². The SMILES string of the molecule is O=C(CSc1ncn[nH]1)Nc1nc(-c2ccc(Br)cc2)cs1. The first-order chi connectivity index (χ1) is 10.7. The van der Waals surface area contributed by atoms with Gasteiger partial charge in [-0.2, -0.15) is 5.10 Å². The highest BCUT2D eigenvalue weighted by Crippen LogP contribution is 2.26. The van der Waals surface area contributed by atoms with Crippen LogP contribution in [0.5, 0.6) is 0 Å². The Morgan fingerprint density at radius 3 is 2.91 bits per heavy atom. The summed E-state index contributed by atoms with van der Waals surface area (Å²) in [4.78, 5) is 20.2. The quantitative estimate of drug-likeness (QED) is 0.646. The predicted octanol–water partition coefficient (Wildman–Crippen LogP) is 3.42. The number of hydrogen-bond donors (Lipinski definition) is 2. The molecule has 0 spiro atoms. The molecule has 1 aromatic carbocycles. The summed E-state index contributed by atoms with van der Waals surface area (Å²) >= 11 is 6.09. The number of nitrogens with one attached hydrogen (secondary N) is 2. The van der Waals surface area contributed by atoms with Crippen molar-refractivity contribution in [2.75, 3.05) is 11.1 Å². The van der Waals surface area contributed by atoms with Gasteiger partial charge in [0.15, 0.2) is 10.3 Å². The fraction of sp³-hybridized carbons (Fsp3) is 0.0769. The summed E-state index contributed by atoms with van der Waals surface area (Å²) in [6.07, 6.45) is 1.41. The summed E-state index contributed by atoms with van der Waals surface area (Å²) in [5.41, 5.74) is 1.85. The number of benzene rings is 1. The average Bonchev–Trinajstić information content (AvgIpc) is 3.17. The Balaban J connectivity index is 1.59. The highest BCUT2D eigenvalue weighted by atomic mass is 79.9. The summed E-state index contributed by atoms with van der Waals surface area (Å²) in [5, 5.41) is 12.3. The first-order valence-electron chi connectivity index (χ1n) is 6.20. The molecular weight excluding hydrogens is 386 g/mol. The second-order valence-corrected chi connectivity index (χ2v) is 6.91. The van der Waals surface area contributed by atoms with Crippen LogP contribution in [0.4, 0.5) is 5.13 Å². The Morgan fingerprint density at radius 2 is 2.18 bits per heavy atom. The van der Waals surface area contributed by atoms with E-state index >= 15 is 0 Å². The molecular formula is C13H10BrN5OS2. The van der Waals surface area contributed by atoms with E-state index < -0.39 is 0 Å². The van der Waals surface area contributed by atoms with Crippen molar-refractivity contribution in [1.29, 1.82) is 0 Å². The zero-order valence-electron chi connectivity index (χ0n) is 11.1. The Kier molecular flexibility index (Phi) is 4.86. The van der Waals surface area contributed by atoms with E-state index in [9.17, 15) is 4.79 Å². The van der Waals surface area contributed by atoms with Crippen molar-refractivity contribution in [1.82, 2.24) is 20.2 Å². The Hall–Kier alpha value is -1.71. The van der Waals surface area contributed by atoms with E-state index in [1.54, 1.807) is 0 Å². The Labute approximate surface area is 142 Å². The first-order valence-corrected chi connectivity index (χ1v) is 8.86. The molecule has 0 saturated heterocycles. The van der Waals surface area contributed by atoms with Gasteiger partial charge in [-0.1, -0.05) is 39.8 Å². The van der Waals surface area contributed by atoms with Crippen LogP contribution in [-0.2, 0) is 4.79 Å². The maximum Gasteiger partial charge on any atom is 0.236 e. The summed E-state index contributed by atoms with van der Waals surface area (Å²) in [6, 6.07) is 7.87. The second kappa shape index (κ2) is 7.03. The zero-order valence-corrected chi connectivity index (χ0v) is 14.3. The number of aromatic nitrogens is 4. The standard InChI is InChI=1S/C13H10BrN5OS2/c14-9-3-1-8(2-4-9)10-5-21-13(17-10)18-11(20)6-22-12-15-7-16-19-12/h1-5,7H,6H2,(H,15,16,19)(H,17,18,20). The maximum atomic E-state index is 11.9. The van der Waals surface area contributed by atoms with Gasteiger partial charge in [-0.25, -0.2) is 9.97 Å². The molecule has 0 saturated carbocycles. The summed E-state index contributed by atoms with van der Waals surface area (Å²) < 4.78 is 1.02. The second-order valence-electron chi connectivity index (χ2n) is 4.17. The number of carbonyl (C=O) groups is 1. The normalized spacial score (nSPS) is 10.6. The van der Waals surface area contributed by atoms with Crippen molar-refractivity contribution >= 4 is 50.1 Å². The lowest BCUT2D eigenvalue weighted by Gasteiger charge is -2.00. The van der Waals surface area contributed by atoms with Crippen molar-refractivity contribution in [3.8, 4) is 11.3 Å². The van der Waals surface area contributed by atoms with Crippen LogP contribution in [0.1, 0.15) is 0 Å². The van der Waals surface area contributed by atoms with Crippen molar-refractivity contribution < 1.29 is 4.79 Å². The number of thioether (sulfide) groups is 1. The molecule has 0 fully saturated rings. The highest BCUT2D eigenvalue weighted by Gasteiger charge is 2.09. The van der Waals surface area contributed by atoms with Crippen LogP contribution in [0.15, 0.2) is 45.6 Å². The third-order valence-electron chi connectivity index (χ3n) is 2.62. The summed E-state index contributed by atoms with van der Waals surface area (Å²) in [5.74, 6) is 0.126. The van der Waals surface area contributed by atoms with E-state index in [0.717, 1.165) is 15.7 Å². The number of aromatic amines is 1. The largest absolute Gasteiger partial charge is 0.301 e. The van der Waals surface area contributed by atoms with E-state index in [2.05, 4.69) is 41.4 Å². The molecule has 0 unspecified atom stereocenters. The molecule has 9 heteroatoms. The van der Waals surface area contributed by atoms with Crippen LogP contribution >= 0.6 is 39.0 Å². The van der Waals surface area contributed by atoms with E-state index in [4.69, 9.17) is 0 Å². The van der Waals surface area contributed by atoms with Gasteiger partial charge in [0.25, 0.3) is 0 Å². The fourth-order valence-electron chi connectivity index (χ4n) is 1.64. The smallest absolute Gasteiger partial charge is 0.236 e. The van der Waals surface area contributed by atoms with Crippen LogP contribution < -0.4 is 5.32 Å². The number of anilines is 1. The number of halogens is 1. The van der Waals surface area contributed by atoms with Gasteiger partial charge in [0.1, 0.15) is 6.33 Å². The van der Waals surface area contributed by atoms with Crippen molar-refractivity contribution in [3.63, 3.8) is 0 Å². The molecule has 2 N–H and O–H groups in total. The summed E-state index contributed by atoms with van der Waals surface area (Å²) in [7, 11) is 0. The molecule has 2 aromatic heterocycles. The lowest BCUT2D eigenvalue weighted by atomic mass is 10.2. The van der Waals surface area contributed by atoms with Gasteiger partial charge in [-0.05, 0) is 12.1 Å². The molecule has 0 aliphatic carbocycles. The van der Waals surface area contributed by atoms with E-state index in [1.165, 1.54) is 29.4 Å². The number of amides is 1. The molecule has 2 heterocycles. The van der Waals surface area contributed by atoms with Gasteiger partial charge in [-0.15, -0.1) is 11.3 Å². The highest BCUT2D eigenvalue weighted by molar-refractivity contribution is 9.10. The molecule has 0 radical (unpaired) electrons. The lowest BCUT2D eigenvalue weighted by molar-refractivity contribution is -0.113. The van der Waals surface area contributed by atoms with Crippen molar-refractivity contribution in [3.05, 3.63) is 40.4 Å². The number of H-pyrrole nitrogens is 1. The number of nitrogens with zero attached hydrogens (tertiary/aromatic N) is 3. The minimum atomic E-state index is -0.127. The molecule has 0 bridgehead atoms. The van der Waals surface area contributed by atoms with Crippen LogP contribution in [-0.4, -0.2) is 31.8 Å². The molecule has 22 heavy (non-hydrogen) atoms. The topological polar surface area (TPSA) is 83.6 Å². The third kappa shape index (κ3) is 3.93. The van der Waals surface area contributed by atoms with Crippen LogP contribution in [0.3, 0.4) is 0 Å². The Morgan fingerprint density at radius 1 is 1.36 bits per heavy atom. The van der Waals surface area contributed by atoms with Crippen molar-refractivity contribution in [2.45, 2.75) is 5.16 Å². The van der Waals surface area contributed by atoms with Gasteiger partial charge < -0.3 is 5.32 Å². The number of carbonyl (C=O) groups excluding carboxylic acids is 1. The van der Waals surface area contributed by atoms with Crippen LogP contribution in [0.25, 0.3) is 11.3 Å². The van der Waals surface area contributed by atoms with Crippen molar-refractivity contribution in [2.24, 2.45) is 0 Å². The van der Waals surface area contributed by atoms with Gasteiger partial charge in [0.2, 0.25) is 5.91 Å². The van der Waals surface area contributed by atoms with Gasteiger partial charge in [0, 0.05) is 15.4 Å². The molecule has 3 aromatic rings. The fourth-order valence-corrected chi connectivity index (χ4v) is 3.22. The molecule has 6 nitrogen and oxygen atoms in total. The molecule has 1 amide bonds. The third-order valence-corrected chi connectivity index (χ3v) is 4.79. The minimum Gasteiger partial charge on any atom is -0.301 e. The number of hydrogen-bond acceptors (Lipinski definition) is 6. The molecule has 0 aliphatic heterocycles. The van der Waals surface area contributed by atoms with Gasteiger partial charge in [-0.3, -0.25) is 9.89 Å². The first kappa shape index (κ1) is 15.2. The minimum absolute atomic E-state index is 0.127. The predicted molar refractivity (Wildman–Crippen MR) is 91.0 cm³/mol. The zero-order chi connectivity index (χ0) is 15.4. The average molecular weight is 396 g/mol. The monoisotopic (exact) mass is 395 g/mol. The van der Waals surface area contributed by atoms with E-state index in [-0.39, 0.29) is 11.7 Å². The molecule has 0 aliphatic rings. The van der Waals surface area contributed by atoms with Crippen LogP contribution in [0, 0.1) is 0 Å². The van der Waals surface area contributed by atoms with E-state index in [0.29, 0.717) is 10.3 Å². The lowest BCUT2D eigenvalue weighted by Crippen LogP contribution is -2.13. The number of thiazole rings is 1. The molecule has 0 atom stereocenters. The molecule has 112 valence electrons. The Bertz CT molecular complexity index is 757. The van der Waals surface area contributed by atoms with Gasteiger partial charge in [0.05, 0.1) is 11.4 Å². The summed E-state index contributed by atoms with van der Waals surface area (Å²) in [6.45, 7) is 0. The molecule has 3 rings (SSSR count). The number of rotatable bonds is 5. The van der Waals surface area contributed by atoms with Gasteiger partial charge >= 0.3 is 0 Å². The van der Waals surface area contributed by atoms with E-state index in [1.807, 2.05) is 29.6 Å².